The minimum atomic E-state index is 0.130. The van der Waals surface area contributed by atoms with Crippen molar-refractivity contribution in [2.45, 2.75) is 6.92 Å². The smallest absolute Gasteiger partial charge is 0.159 e. The number of nitrogens with zero attached hydrogens (tertiary/aromatic N) is 2. The van der Waals surface area contributed by atoms with Crippen molar-refractivity contribution < 1.29 is 4.79 Å². The monoisotopic (exact) mass is 264 g/mol. The van der Waals surface area contributed by atoms with Crippen LogP contribution in [0.5, 0.6) is 0 Å². The number of benzene rings is 1. The molecule has 1 aromatic rings. The average molecular weight is 264 g/mol. The maximum absolute atomic E-state index is 11.4. The van der Waals surface area contributed by atoms with Crippen LogP contribution >= 0.6 is 12.6 Å². The summed E-state index contributed by atoms with van der Waals surface area (Å²) in [4.78, 5) is 16.2. The largest absolute Gasteiger partial charge is 0.369 e. The second-order valence-electron chi connectivity index (χ2n) is 4.66. The molecule has 0 aromatic heterocycles. The van der Waals surface area contributed by atoms with E-state index in [1.807, 2.05) is 18.2 Å². The highest BCUT2D eigenvalue weighted by molar-refractivity contribution is 7.80. The van der Waals surface area contributed by atoms with Crippen molar-refractivity contribution in [1.82, 2.24) is 4.90 Å². The number of hydrogen-bond donors (Lipinski definition) is 1. The van der Waals surface area contributed by atoms with E-state index in [2.05, 4.69) is 28.5 Å². The van der Waals surface area contributed by atoms with Crippen LogP contribution in [0.2, 0.25) is 0 Å². The Labute approximate surface area is 114 Å². The molecule has 0 N–H and O–H groups in total. The van der Waals surface area contributed by atoms with E-state index < -0.39 is 0 Å². The summed E-state index contributed by atoms with van der Waals surface area (Å²) >= 11 is 4.27. The summed E-state index contributed by atoms with van der Waals surface area (Å²) in [5.41, 5.74) is 1.96. The highest BCUT2D eigenvalue weighted by Gasteiger charge is 2.16. The summed E-state index contributed by atoms with van der Waals surface area (Å²) in [6.07, 6.45) is 0. The number of ketones is 1. The minimum Gasteiger partial charge on any atom is -0.369 e. The van der Waals surface area contributed by atoms with Gasteiger partial charge in [0.25, 0.3) is 0 Å². The predicted octanol–water partition coefficient (Wildman–Crippen LogP) is 1.94. The van der Waals surface area contributed by atoms with Gasteiger partial charge in [0, 0.05) is 49.7 Å². The number of anilines is 1. The third-order valence-electron chi connectivity index (χ3n) is 3.41. The fourth-order valence-electron chi connectivity index (χ4n) is 2.29. The number of thiol groups is 1. The van der Waals surface area contributed by atoms with Gasteiger partial charge in [-0.1, -0.05) is 12.1 Å². The third-order valence-corrected chi connectivity index (χ3v) is 3.61. The van der Waals surface area contributed by atoms with Crippen LogP contribution in [-0.2, 0) is 0 Å². The molecule has 1 fully saturated rings. The quantitative estimate of drug-likeness (QED) is 0.664. The minimum absolute atomic E-state index is 0.130. The lowest BCUT2D eigenvalue weighted by Gasteiger charge is -2.36. The molecule has 0 unspecified atom stereocenters. The fourth-order valence-corrected chi connectivity index (χ4v) is 2.58. The van der Waals surface area contributed by atoms with Crippen LogP contribution in [-0.4, -0.2) is 49.2 Å². The Morgan fingerprint density at radius 1 is 1.28 bits per heavy atom. The molecular weight excluding hydrogens is 244 g/mol. The predicted molar refractivity (Wildman–Crippen MR) is 79.0 cm³/mol. The summed E-state index contributed by atoms with van der Waals surface area (Å²) < 4.78 is 0. The van der Waals surface area contributed by atoms with Gasteiger partial charge in [0.2, 0.25) is 0 Å². The van der Waals surface area contributed by atoms with Crippen LogP contribution in [0, 0.1) is 0 Å². The molecule has 1 heterocycles. The number of rotatable bonds is 4. The summed E-state index contributed by atoms with van der Waals surface area (Å²) in [5.74, 6) is 1.05. The van der Waals surface area contributed by atoms with Crippen LogP contribution in [0.4, 0.5) is 5.69 Å². The molecule has 0 amide bonds. The van der Waals surface area contributed by atoms with Gasteiger partial charge >= 0.3 is 0 Å². The lowest BCUT2D eigenvalue weighted by molar-refractivity contribution is 0.101. The number of hydrogen-bond acceptors (Lipinski definition) is 4. The Kier molecular flexibility index (Phi) is 4.66. The fraction of sp³-hybridized carbons (Fsp3) is 0.500. The van der Waals surface area contributed by atoms with E-state index in [0.29, 0.717) is 0 Å². The van der Waals surface area contributed by atoms with Gasteiger partial charge in [0.1, 0.15) is 0 Å². The maximum Gasteiger partial charge on any atom is 0.159 e. The van der Waals surface area contributed by atoms with Crippen LogP contribution < -0.4 is 4.90 Å². The van der Waals surface area contributed by atoms with Crippen molar-refractivity contribution in [1.29, 1.82) is 0 Å². The van der Waals surface area contributed by atoms with Gasteiger partial charge in [-0.2, -0.15) is 12.6 Å². The van der Waals surface area contributed by atoms with Crippen molar-refractivity contribution in [3.63, 3.8) is 0 Å². The van der Waals surface area contributed by atoms with Gasteiger partial charge in [-0.05, 0) is 19.1 Å². The van der Waals surface area contributed by atoms with Crippen LogP contribution in [0.3, 0.4) is 0 Å². The first-order chi connectivity index (χ1) is 8.70. The van der Waals surface area contributed by atoms with E-state index in [-0.39, 0.29) is 5.78 Å². The molecule has 18 heavy (non-hydrogen) atoms. The molecule has 98 valence electrons. The average Bonchev–Trinajstić information content (AvgIpc) is 2.40. The molecule has 1 aliphatic rings. The van der Waals surface area contributed by atoms with E-state index in [1.165, 1.54) is 0 Å². The molecule has 0 bridgehead atoms. The van der Waals surface area contributed by atoms with Gasteiger partial charge in [0.05, 0.1) is 0 Å². The van der Waals surface area contributed by atoms with Crippen LogP contribution in [0.1, 0.15) is 17.3 Å². The third kappa shape index (κ3) is 3.27. The second-order valence-corrected chi connectivity index (χ2v) is 5.11. The first kappa shape index (κ1) is 13.4. The van der Waals surface area contributed by atoms with E-state index in [9.17, 15) is 4.79 Å². The molecule has 0 radical (unpaired) electrons. The SMILES string of the molecule is CC(=O)c1cccc(N2CCN(CCS)CC2)c1. The molecule has 3 nitrogen and oxygen atoms in total. The zero-order valence-corrected chi connectivity index (χ0v) is 11.7. The van der Waals surface area contributed by atoms with E-state index >= 15 is 0 Å². The number of Topliss-reactive ketones (excluding diaryl/α,β-unsaturated/α-hetero) is 1. The van der Waals surface area contributed by atoms with Crippen molar-refractivity contribution >= 4 is 24.1 Å². The summed E-state index contributed by atoms with van der Waals surface area (Å²) in [6, 6.07) is 7.92. The lowest BCUT2D eigenvalue weighted by Crippen LogP contribution is -2.47. The van der Waals surface area contributed by atoms with E-state index in [1.54, 1.807) is 6.92 Å². The molecule has 0 aliphatic carbocycles. The van der Waals surface area contributed by atoms with Crippen molar-refractivity contribution in [2.75, 3.05) is 43.4 Å². The van der Waals surface area contributed by atoms with Crippen molar-refractivity contribution in [3.8, 4) is 0 Å². The number of carbonyl (C=O) groups is 1. The second kappa shape index (κ2) is 6.25. The molecule has 2 rings (SSSR count). The van der Waals surface area contributed by atoms with Gasteiger partial charge < -0.3 is 4.90 Å². The van der Waals surface area contributed by atoms with Crippen molar-refractivity contribution in [3.05, 3.63) is 29.8 Å². The zero-order valence-electron chi connectivity index (χ0n) is 10.8. The first-order valence-electron chi connectivity index (χ1n) is 6.40. The molecule has 1 saturated heterocycles. The highest BCUT2D eigenvalue weighted by atomic mass is 32.1. The Hall–Kier alpha value is -1.00. The molecule has 0 spiro atoms. The molecule has 1 aliphatic heterocycles. The van der Waals surface area contributed by atoms with Gasteiger partial charge in [-0.3, -0.25) is 9.69 Å². The Balaban J connectivity index is 2.01. The normalized spacial score (nSPS) is 16.9. The van der Waals surface area contributed by atoms with Gasteiger partial charge in [-0.15, -0.1) is 0 Å². The van der Waals surface area contributed by atoms with Crippen molar-refractivity contribution in [2.24, 2.45) is 0 Å². The summed E-state index contributed by atoms with van der Waals surface area (Å²) in [6.45, 7) is 6.87. The topological polar surface area (TPSA) is 23.6 Å². The van der Waals surface area contributed by atoms with Crippen LogP contribution in [0.25, 0.3) is 0 Å². The molecule has 0 atom stereocenters. The summed E-state index contributed by atoms with van der Waals surface area (Å²) in [5, 5.41) is 0. The zero-order chi connectivity index (χ0) is 13.0. The van der Waals surface area contributed by atoms with Crippen LogP contribution in [0.15, 0.2) is 24.3 Å². The lowest BCUT2D eigenvalue weighted by atomic mass is 10.1. The molecule has 4 heteroatoms. The van der Waals surface area contributed by atoms with E-state index in [0.717, 1.165) is 49.7 Å². The molecule has 1 aromatic carbocycles. The summed E-state index contributed by atoms with van der Waals surface area (Å²) in [7, 11) is 0. The standard InChI is InChI=1S/C14H20N2OS/c1-12(17)13-3-2-4-14(11-13)16-7-5-15(6-8-16)9-10-18/h2-4,11,18H,5-10H2,1H3. The highest BCUT2D eigenvalue weighted by Crippen LogP contribution is 2.18. The Morgan fingerprint density at radius 3 is 2.61 bits per heavy atom. The Bertz CT molecular complexity index is 414. The van der Waals surface area contributed by atoms with Gasteiger partial charge in [-0.25, -0.2) is 0 Å². The Morgan fingerprint density at radius 2 is 2.00 bits per heavy atom. The first-order valence-corrected chi connectivity index (χ1v) is 7.03. The van der Waals surface area contributed by atoms with Gasteiger partial charge in [0.15, 0.2) is 5.78 Å². The molecular formula is C14H20N2OS. The van der Waals surface area contributed by atoms with E-state index in [4.69, 9.17) is 0 Å². The number of carbonyl (C=O) groups excluding carboxylic acids is 1. The molecule has 0 saturated carbocycles. The maximum atomic E-state index is 11.4. The number of piperazine rings is 1.